The van der Waals surface area contributed by atoms with Gasteiger partial charge in [0.2, 0.25) is 0 Å². The van der Waals surface area contributed by atoms with E-state index in [0.717, 1.165) is 30.8 Å². The average molecular weight is 306 g/mol. The predicted octanol–water partition coefficient (Wildman–Crippen LogP) is 2.86. The standard InChI is InChI=1S/C15H16F2N4O/c16-11-2-1-3-12(17)13(11)20-15(22)19-7-9-21-8-6-18-14(21)10-4-5-10/h1-3,6,8,10H,4-5,7,9H2,(H2,19,20,22). The van der Waals surface area contributed by atoms with E-state index in [9.17, 15) is 13.6 Å². The fraction of sp³-hybridized carbons (Fsp3) is 0.333. The smallest absolute Gasteiger partial charge is 0.319 e. The van der Waals surface area contributed by atoms with Crippen LogP contribution in [0.4, 0.5) is 19.3 Å². The molecule has 1 aromatic heterocycles. The second-order valence-electron chi connectivity index (χ2n) is 5.23. The van der Waals surface area contributed by atoms with Crippen LogP contribution >= 0.6 is 0 Å². The molecule has 1 aromatic carbocycles. The van der Waals surface area contributed by atoms with E-state index in [1.54, 1.807) is 6.20 Å². The molecule has 1 heterocycles. The summed E-state index contributed by atoms with van der Waals surface area (Å²) in [5.41, 5.74) is -0.443. The molecule has 0 radical (unpaired) electrons. The fourth-order valence-electron chi connectivity index (χ4n) is 2.28. The molecule has 0 spiro atoms. The molecule has 0 atom stereocenters. The van der Waals surface area contributed by atoms with E-state index in [0.29, 0.717) is 19.0 Å². The molecule has 0 aliphatic heterocycles. The first-order valence-corrected chi connectivity index (χ1v) is 7.15. The van der Waals surface area contributed by atoms with Crippen LogP contribution in [0, 0.1) is 11.6 Å². The predicted molar refractivity (Wildman–Crippen MR) is 77.6 cm³/mol. The van der Waals surface area contributed by atoms with Crippen molar-refractivity contribution in [2.45, 2.75) is 25.3 Å². The van der Waals surface area contributed by atoms with Crippen molar-refractivity contribution in [2.24, 2.45) is 0 Å². The zero-order chi connectivity index (χ0) is 15.5. The van der Waals surface area contributed by atoms with Gasteiger partial charge in [0.05, 0.1) is 0 Å². The van der Waals surface area contributed by atoms with Gasteiger partial charge in [0, 0.05) is 31.4 Å². The van der Waals surface area contributed by atoms with Gasteiger partial charge in [-0.05, 0) is 25.0 Å². The van der Waals surface area contributed by atoms with Crippen molar-refractivity contribution in [3.05, 3.63) is 48.1 Å². The van der Waals surface area contributed by atoms with E-state index >= 15 is 0 Å². The minimum Gasteiger partial charge on any atom is -0.336 e. The highest BCUT2D eigenvalue weighted by molar-refractivity contribution is 5.89. The number of carbonyl (C=O) groups is 1. The number of aromatic nitrogens is 2. The summed E-state index contributed by atoms with van der Waals surface area (Å²) in [6, 6.07) is 2.78. The highest BCUT2D eigenvalue weighted by Gasteiger charge is 2.27. The number of carbonyl (C=O) groups excluding carboxylic acids is 1. The number of para-hydroxylation sites is 1. The van der Waals surface area contributed by atoms with Gasteiger partial charge in [-0.15, -0.1) is 0 Å². The van der Waals surface area contributed by atoms with E-state index in [2.05, 4.69) is 15.6 Å². The summed E-state index contributed by atoms with van der Waals surface area (Å²) < 4.78 is 28.8. The number of hydrogen-bond donors (Lipinski definition) is 2. The maximum atomic E-state index is 13.4. The number of hydrogen-bond acceptors (Lipinski definition) is 2. The van der Waals surface area contributed by atoms with Crippen LogP contribution in [0.3, 0.4) is 0 Å². The van der Waals surface area contributed by atoms with Gasteiger partial charge in [-0.1, -0.05) is 6.07 Å². The number of imidazole rings is 1. The first-order valence-electron chi connectivity index (χ1n) is 7.15. The third-order valence-corrected chi connectivity index (χ3v) is 3.53. The van der Waals surface area contributed by atoms with Crippen LogP contribution in [0.15, 0.2) is 30.6 Å². The largest absolute Gasteiger partial charge is 0.336 e. The highest BCUT2D eigenvalue weighted by atomic mass is 19.1. The van der Waals surface area contributed by atoms with E-state index in [-0.39, 0.29) is 0 Å². The normalized spacial score (nSPS) is 13.9. The molecule has 7 heteroatoms. The summed E-state index contributed by atoms with van der Waals surface area (Å²) >= 11 is 0. The molecule has 116 valence electrons. The third kappa shape index (κ3) is 3.24. The molecule has 22 heavy (non-hydrogen) atoms. The molecule has 1 fully saturated rings. The lowest BCUT2D eigenvalue weighted by atomic mass is 10.3. The van der Waals surface area contributed by atoms with Crippen molar-refractivity contribution < 1.29 is 13.6 Å². The Kier molecular flexibility index (Phi) is 4.04. The Bertz CT molecular complexity index is 662. The summed E-state index contributed by atoms with van der Waals surface area (Å²) in [6.07, 6.45) is 5.90. The van der Waals surface area contributed by atoms with Crippen LogP contribution < -0.4 is 10.6 Å². The molecule has 0 bridgehead atoms. The van der Waals surface area contributed by atoms with Crippen LogP contribution in [0.5, 0.6) is 0 Å². The van der Waals surface area contributed by atoms with Crippen LogP contribution in [-0.2, 0) is 6.54 Å². The third-order valence-electron chi connectivity index (χ3n) is 3.53. The summed E-state index contributed by atoms with van der Waals surface area (Å²) in [7, 11) is 0. The topological polar surface area (TPSA) is 59.0 Å². The van der Waals surface area contributed by atoms with E-state index in [1.807, 2.05) is 10.8 Å². The monoisotopic (exact) mass is 306 g/mol. The number of rotatable bonds is 5. The maximum absolute atomic E-state index is 13.4. The average Bonchev–Trinajstić information content (AvgIpc) is 3.23. The lowest BCUT2D eigenvalue weighted by molar-refractivity contribution is 0.251. The van der Waals surface area contributed by atoms with Gasteiger partial charge in [-0.25, -0.2) is 18.6 Å². The summed E-state index contributed by atoms with van der Waals surface area (Å²) in [5.74, 6) is -0.0553. The second-order valence-corrected chi connectivity index (χ2v) is 5.23. The van der Waals surface area contributed by atoms with Gasteiger partial charge in [0.1, 0.15) is 23.1 Å². The molecular weight excluding hydrogens is 290 g/mol. The molecule has 0 unspecified atom stereocenters. The van der Waals surface area contributed by atoms with Gasteiger partial charge in [0.25, 0.3) is 0 Å². The number of benzene rings is 1. The van der Waals surface area contributed by atoms with Crippen LogP contribution in [0.1, 0.15) is 24.6 Å². The Morgan fingerprint density at radius 2 is 2.05 bits per heavy atom. The first kappa shape index (κ1) is 14.5. The summed E-state index contributed by atoms with van der Waals surface area (Å²) in [5, 5.41) is 4.76. The number of urea groups is 1. The van der Waals surface area contributed by atoms with Crippen molar-refractivity contribution in [3.8, 4) is 0 Å². The molecular formula is C15H16F2N4O. The number of anilines is 1. The highest BCUT2D eigenvalue weighted by Crippen LogP contribution is 2.38. The molecule has 1 aliphatic carbocycles. The number of halogens is 2. The van der Waals surface area contributed by atoms with Gasteiger partial charge >= 0.3 is 6.03 Å². The van der Waals surface area contributed by atoms with Gasteiger partial charge in [-0.3, -0.25) is 0 Å². The molecule has 2 N–H and O–H groups in total. The zero-order valence-corrected chi connectivity index (χ0v) is 11.9. The summed E-state index contributed by atoms with van der Waals surface area (Å²) in [6.45, 7) is 0.914. The lowest BCUT2D eigenvalue weighted by Crippen LogP contribution is -2.32. The van der Waals surface area contributed by atoms with Gasteiger partial charge < -0.3 is 15.2 Å². The van der Waals surface area contributed by atoms with Crippen LogP contribution in [0.25, 0.3) is 0 Å². The molecule has 0 saturated heterocycles. The fourth-order valence-corrected chi connectivity index (χ4v) is 2.28. The van der Waals surface area contributed by atoms with Crippen molar-refractivity contribution in [3.63, 3.8) is 0 Å². The van der Waals surface area contributed by atoms with Gasteiger partial charge in [0.15, 0.2) is 0 Å². The van der Waals surface area contributed by atoms with Crippen molar-refractivity contribution in [1.29, 1.82) is 0 Å². The van der Waals surface area contributed by atoms with Crippen molar-refractivity contribution >= 4 is 11.7 Å². The Hall–Kier alpha value is -2.44. The maximum Gasteiger partial charge on any atom is 0.319 e. The Morgan fingerprint density at radius 3 is 2.73 bits per heavy atom. The quantitative estimate of drug-likeness (QED) is 0.892. The van der Waals surface area contributed by atoms with Crippen molar-refractivity contribution in [1.82, 2.24) is 14.9 Å². The second kappa shape index (κ2) is 6.13. The molecule has 5 nitrogen and oxygen atoms in total. The summed E-state index contributed by atoms with van der Waals surface area (Å²) in [4.78, 5) is 16.0. The lowest BCUT2D eigenvalue weighted by Gasteiger charge is -2.10. The first-order chi connectivity index (χ1) is 10.6. The Morgan fingerprint density at radius 1 is 1.32 bits per heavy atom. The SMILES string of the molecule is O=C(NCCn1ccnc1C1CC1)Nc1c(F)cccc1F. The number of amides is 2. The minimum absolute atomic E-state index is 0.345. The van der Waals surface area contributed by atoms with E-state index < -0.39 is 23.4 Å². The van der Waals surface area contributed by atoms with Gasteiger partial charge in [-0.2, -0.15) is 0 Å². The van der Waals surface area contributed by atoms with Crippen LogP contribution in [0.2, 0.25) is 0 Å². The minimum atomic E-state index is -0.805. The number of nitrogens with zero attached hydrogens (tertiary/aromatic N) is 2. The van der Waals surface area contributed by atoms with Crippen molar-refractivity contribution in [2.75, 3.05) is 11.9 Å². The Labute approximate surface area is 126 Å². The van der Waals surface area contributed by atoms with Crippen LogP contribution in [-0.4, -0.2) is 22.1 Å². The zero-order valence-electron chi connectivity index (χ0n) is 11.9. The molecule has 1 aliphatic rings. The van der Waals surface area contributed by atoms with E-state index in [4.69, 9.17) is 0 Å². The molecule has 2 amide bonds. The molecule has 1 saturated carbocycles. The Balaban J connectivity index is 1.51. The van der Waals surface area contributed by atoms with E-state index in [1.165, 1.54) is 6.07 Å². The number of nitrogens with one attached hydrogen (secondary N) is 2. The molecule has 3 rings (SSSR count). The molecule has 2 aromatic rings.